The number of anilines is 1. The number of hydrogen-bond acceptors (Lipinski definition) is 3. The summed E-state index contributed by atoms with van der Waals surface area (Å²) in [5.41, 5.74) is 1.17. The molecule has 7 heteroatoms. The van der Waals surface area contributed by atoms with Crippen molar-refractivity contribution in [1.29, 1.82) is 0 Å². The van der Waals surface area contributed by atoms with Gasteiger partial charge in [0.1, 0.15) is 5.82 Å². The Labute approximate surface area is 140 Å². The summed E-state index contributed by atoms with van der Waals surface area (Å²) < 4.78 is 38.4. The maximum atomic E-state index is 13.0. The summed E-state index contributed by atoms with van der Waals surface area (Å²) in [4.78, 5) is 12.0. The van der Waals surface area contributed by atoms with Gasteiger partial charge in [-0.25, -0.2) is 17.5 Å². The summed E-state index contributed by atoms with van der Waals surface area (Å²) in [6.45, 7) is 0. The van der Waals surface area contributed by atoms with Crippen molar-refractivity contribution in [2.45, 2.75) is 11.3 Å². The average molecular weight is 348 g/mol. The number of sulfonamides is 1. The Morgan fingerprint density at radius 2 is 1.88 bits per heavy atom. The molecular weight excluding hydrogens is 331 g/mol. The van der Waals surface area contributed by atoms with Gasteiger partial charge in [-0.05, 0) is 49.0 Å². The highest BCUT2D eigenvalue weighted by Crippen LogP contribution is 2.14. The van der Waals surface area contributed by atoms with Gasteiger partial charge in [-0.2, -0.15) is 0 Å². The topological polar surface area (TPSA) is 75.3 Å². The molecule has 2 aromatic carbocycles. The molecule has 2 aromatic rings. The summed E-state index contributed by atoms with van der Waals surface area (Å²) in [6.07, 6.45) is 3.41. The van der Waals surface area contributed by atoms with E-state index in [9.17, 15) is 17.6 Å². The lowest BCUT2D eigenvalue weighted by Gasteiger charge is -2.06. The highest BCUT2D eigenvalue weighted by atomic mass is 32.2. The number of carbonyl (C=O) groups excluding carboxylic acids is 1. The van der Waals surface area contributed by atoms with Crippen LogP contribution in [0.4, 0.5) is 10.1 Å². The van der Waals surface area contributed by atoms with Gasteiger partial charge in [0.15, 0.2) is 0 Å². The van der Waals surface area contributed by atoms with E-state index in [1.54, 1.807) is 24.3 Å². The fourth-order valence-corrected chi connectivity index (χ4v) is 2.69. The lowest BCUT2D eigenvalue weighted by Crippen LogP contribution is -2.18. The van der Waals surface area contributed by atoms with Gasteiger partial charge in [0.2, 0.25) is 15.9 Å². The Morgan fingerprint density at radius 1 is 1.17 bits per heavy atom. The fraction of sp³-hybridized carbons (Fsp3) is 0.118. The van der Waals surface area contributed by atoms with Crippen LogP contribution in [0.5, 0.6) is 0 Å². The monoisotopic (exact) mass is 348 g/mol. The molecule has 1 amide bonds. The first-order chi connectivity index (χ1) is 11.4. The van der Waals surface area contributed by atoms with Crippen LogP contribution in [-0.4, -0.2) is 21.4 Å². The molecule has 2 N–H and O–H groups in total. The summed E-state index contributed by atoms with van der Waals surface area (Å²) in [5.74, 6) is -0.593. The fourth-order valence-electron chi connectivity index (χ4n) is 1.96. The molecule has 0 aliphatic carbocycles. The summed E-state index contributed by atoms with van der Waals surface area (Å²) in [7, 11) is -2.17. The van der Waals surface area contributed by atoms with Crippen molar-refractivity contribution < 1.29 is 17.6 Å². The molecular formula is C17H17FN2O3S. The zero-order valence-corrected chi connectivity index (χ0v) is 13.8. The maximum Gasteiger partial charge on any atom is 0.240 e. The van der Waals surface area contributed by atoms with Crippen LogP contribution in [-0.2, 0) is 14.8 Å². The number of hydrogen-bond donors (Lipinski definition) is 2. The molecule has 2 rings (SSSR count). The molecule has 0 aliphatic heterocycles. The second kappa shape index (κ2) is 7.85. The molecule has 126 valence electrons. The van der Waals surface area contributed by atoms with Gasteiger partial charge in [-0.15, -0.1) is 0 Å². The van der Waals surface area contributed by atoms with Crippen LogP contribution in [0.25, 0.3) is 6.08 Å². The van der Waals surface area contributed by atoms with Gasteiger partial charge >= 0.3 is 0 Å². The smallest absolute Gasteiger partial charge is 0.240 e. The molecule has 0 saturated heterocycles. The van der Waals surface area contributed by atoms with E-state index in [0.29, 0.717) is 11.3 Å². The largest absolute Gasteiger partial charge is 0.326 e. The highest BCUT2D eigenvalue weighted by molar-refractivity contribution is 7.89. The summed E-state index contributed by atoms with van der Waals surface area (Å²) in [6, 6.07) is 11.9. The van der Waals surface area contributed by atoms with Crippen LogP contribution < -0.4 is 10.0 Å². The van der Waals surface area contributed by atoms with E-state index in [0.717, 1.165) is 0 Å². The Kier molecular flexibility index (Phi) is 5.83. The molecule has 0 aliphatic rings. The first-order valence-corrected chi connectivity index (χ1v) is 8.64. The molecule has 0 bridgehead atoms. The predicted octanol–water partition coefficient (Wildman–Crippen LogP) is 2.78. The summed E-state index contributed by atoms with van der Waals surface area (Å²) >= 11 is 0. The first-order valence-electron chi connectivity index (χ1n) is 7.16. The Morgan fingerprint density at radius 3 is 2.50 bits per heavy atom. The minimum absolute atomic E-state index is 0.118. The van der Waals surface area contributed by atoms with Crippen LogP contribution in [0.15, 0.2) is 59.5 Å². The predicted molar refractivity (Wildman–Crippen MR) is 91.4 cm³/mol. The number of carbonyl (C=O) groups is 1. The van der Waals surface area contributed by atoms with E-state index in [4.69, 9.17) is 0 Å². The van der Waals surface area contributed by atoms with Gasteiger partial charge < -0.3 is 5.32 Å². The molecule has 24 heavy (non-hydrogen) atoms. The van der Waals surface area contributed by atoms with Crippen LogP contribution in [0, 0.1) is 5.82 Å². The molecule has 0 fully saturated rings. The summed E-state index contributed by atoms with van der Waals surface area (Å²) in [5, 5.41) is 2.66. The van der Waals surface area contributed by atoms with Crippen LogP contribution >= 0.6 is 0 Å². The van der Waals surface area contributed by atoms with Crippen LogP contribution in [0.1, 0.15) is 12.0 Å². The number of nitrogens with one attached hydrogen (secondary N) is 2. The minimum Gasteiger partial charge on any atom is -0.326 e. The Hall–Kier alpha value is -2.51. The Balaban J connectivity index is 1.93. The van der Waals surface area contributed by atoms with E-state index < -0.39 is 10.0 Å². The molecule has 0 heterocycles. The normalized spacial score (nSPS) is 11.6. The average Bonchev–Trinajstić information content (AvgIpc) is 2.55. The molecule has 0 atom stereocenters. The van der Waals surface area contributed by atoms with Crippen molar-refractivity contribution in [2.75, 3.05) is 12.4 Å². The lowest BCUT2D eigenvalue weighted by molar-refractivity contribution is -0.115. The van der Waals surface area contributed by atoms with E-state index in [-0.39, 0.29) is 23.0 Å². The van der Waals surface area contributed by atoms with Crippen LogP contribution in [0.2, 0.25) is 0 Å². The Bertz CT molecular complexity index is 846. The first kappa shape index (κ1) is 17.8. The van der Waals surface area contributed by atoms with Gasteiger partial charge in [0.25, 0.3) is 0 Å². The van der Waals surface area contributed by atoms with Crippen molar-refractivity contribution in [3.63, 3.8) is 0 Å². The van der Waals surface area contributed by atoms with Crippen molar-refractivity contribution >= 4 is 27.7 Å². The SMILES string of the molecule is CNS(=O)(=O)c1ccc(NC(=O)C/C=C/c2cccc(F)c2)cc1. The second-order valence-electron chi connectivity index (χ2n) is 4.94. The van der Waals surface area contributed by atoms with Crippen LogP contribution in [0.3, 0.4) is 0 Å². The van der Waals surface area contributed by atoms with Gasteiger partial charge in [-0.3, -0.25) is 4.79 Å². The number of amides is 1. The lowest BCUT2D eigenvalue weighted by atomic mass is 10.2. The number of halogens is 1. The molecule has 5 nitrogen and oxygen atoms in total. The van der Waals surface area contributed by atoms with Gasteiger partial charge in [-0.1, -0.05) is 24.3 Å². The van der Waals surface area contributed by atoms with E-state index in [2.05, 4.69) is 10.0 Å². The van der Waals surface area contributed by atoms with Crippen molar-refractivity contribution in [3.8, 4) is 0 Å². The molecule has 0 aromatic heterocycles. The van der Waals surface area contributed by atoms with E-state index in [1.165, 1.54) is 43.4 Å². The third-order valence-electron chi connectivity index (χ3n) is 3.18. The standard InChI is InChI=1S/C17H17FN2O3S/c1-19-24(22,23)16-10-8-15(9-11-16)20-17(21)7-3-5-13-4-2-6-14(18)12-13/h2-6,8-12,19H,7H2,1H3,(H,20,21)/b5-3+. The molecule has 0 radical (unpaired) electrons. The molecule has 0 unspecified atom stereocenters. The molecule has 0 saturated carbocycles. The van der Waals surface area contributed by atoms with E-state index in [1.807, 2.05) is 0 Å². The zero-order valence-electron chi connectivity index (χ0n) is 13.0. The molecule has 0 spiro atoms. The van der Waals surface area contributed by atoms with Gasteiger partial charge in [0, 0.05) is 12.1 Å². The minimum atomic E-state index is -3.50. The highest BCUT2D eigenvalue weighted by Gasteiger charge is 2.10. The van der Waals surface area contributed by atoms with Crippen molar-refractivity contribution in [2.24, 2.45) is 0 Å². The van der Waals surface area contributed by atoms with Gasteiger partial charge in [0.05, 0.1) is 4.90 Å². The second-order valence-corrected chi connectivity index (χ2v) is 6.83. The quantitative estimate of drug-likeness (QED) is 0.843. The van der Waals surface area contributed by atoms with Crippen molar-refractivity contribution in [1.82, 2.24) is 4.72 Å². The van der Waals surface area contributed by atoms with E-state index >= 15 is 0 Å². The third-order valence-corrected chi connectivity index (χ3v) is 4.61. The third kappa shape index (κ3) is 5.00. The van der Waals surface area contributed by atoms with Crippen molar-refractivity contribution in [3.05, 3.63) is 66.0 Å². The zero-order chi connectivity index (χ0) is 17.6. The maximum absolute atomic E-state index is 13.0. The number of rotatable bonds is 6. The number of benzene rings is 2.